The van der Waals surface area contributed by atoms with Gasteiger partial charge in [-0.2, -0.15) is 8.42 Å². The Balaban J connectivity index is 2.22. The molecule has 2 aromatic carbocycles. The standard InChI is InChI=1S/C17H14N2O4S2/c20-24(21,15-9-3-1-4-10-15)18-17-13-7-8-14-19(17)25(22,23)16-11-5-2-6-12-16/h1-14H/b18-17+. The van der Waals surface area contributed by atoms with E-state index in [4.69, 9.17) is 0 Å². The molecule has 128 valence electrons. The molecule has 6 nitrogen and oxygen atoms in total. The number of hydrogen-bond acceptors (Lipinski definition) is 4. The van der Waals surface area contributed by atoms with Gasteiger partial charge in [0.15, 0.2) is 5.49 Å². The van der Waals surface area contributed by atoms with Gasteiger partial charge in [-0.1, -0.05) is 42.5 Å². The smallest absolute Gasteiger partial charge is 0.224 e. The molecule has 0 aliphatic carbocycles. The van der Waals surface area contributed by atoms with Crippen molar-refractivity contribution in [1.82, 2.24) is 3.97 Å². The van der Waals surface area contributed by atoms with Gasteiger partial charge in [-0.05, 0) is 36.4 Å². The fourth-order valence-electron chi connectivity index (χ4n) is 2.17. The van der Waals surface area contributed by atoms with Crippen LogP contribution in [0.5, 0.6) is 0 Å². The number of rotatable bonds is 4. The molecule has 0 aliphatic rings. The molecule has 1 aromatic heterocycles. The first-order valence-corrected chi connectivity index (χ1v) is 10.1. The molecule has 0 fully saturated rings. The van der Waals surface area contributed by atoms with Gasteiger partial charge in [0.05, 0.1) is 9.79 Å². The van der Waals surface area contributed by atoms with Gasteiger partial charge in [-0.25, -0.2) is 12.4 Å². The van der Waals surface area contributed by atoms with Gasteiger partial charge in [-0.15, -0.1) is 4.40 Å². The minimum Gasteiger partial charge on any atom is -0.224 e. The number of aromatic nitrogens is 1. The van der Waals surface area contributed by atoms with Crippen LogP contribution in [0.4, 0.5) is 0 Å². The third-order valence-corrected chi connectivity index (χ3v) is 6.35. The molecule has 0 amide bonds. The van der Waals surface area contributed by atoms with E-state index in [1.807, 2.05) is 0 Å². The second-order valence-corrected chi connectivity index (χ2v) is 8.47. The Morgan fingerprint density at radius 3 is 1.76 bits per heavy atom. The van der Waals surface area contributed by atoms with Crippen molar-refractivity contribution >= 4 is 20.0 Å². The zero-order valence-electron chi connectivity index (χ0n) is 12.9. The van der Waals surface area contributed by atoms with E-state index in [2.05, 4.69) is 4.40 Å². The number of pyridine rings is 1. The molecule has 0 atom stereocenters. The van der Waals surface area contributed by atoms with Crippen LogP contribution < -0.4 is 5.49 Å². The number of benzene rings is 2. The maximum absolute atomic E-state index is 12.8. The summed E-state index contributed by atoms with van der Waals surface area (Å²) in [4.78, 5) is 0.0299. The van der Waals surface area contributed by atoms with Crippen LogP contribution in [0.2, 0.25) is 0 Å². The highest BCUT2D eigenvalue weighted by atomic mass is 32.2. The number of hydrogen-bond donors (Lipinski definition) is 0. The van der Waals surface area contributed by atoms with E-state index in [1.165, 1.54) is 48.7 Å². The molecule has 25 heavy (non-hydrogen) atoms. The Kier molecular flexibility index (Phi) is 4.56. The second-order valence-electron chi connectivity index (χ2n) is 5.05. The van der Waals surface area contributed by atoms with Crippen LogP contribution in [-0.2, 0) is 20.0 Å². The first-order valence-electron chi connectivity index (χ1n) is 7.26. The van der Waals surface area contributed by atoms with Gasteiger partial charge in [0.1, 0.15) is 0 Å². The zero-order chi connectivity index (χ0) is 17.9. The summed E-state index contributed by atoms with van der Waals surface area (Å²) >= 11 is 0. The predicted molar refractivity (Wildman–Crippen MR) is 92.6 cm³/mol. The summed E-state index contributed by atoms with van der Waals surface area (Å²) < 4.78 is 55.0. The maximum Gasteiger partial charge on any atom is 0.284 e. The summed E-state index contributed by atoms with van der Waals surface area (Å²) in [6.45, 7) is 0. The fraction of sp³-hybridized carbons (Fsp3) is 0. The van der Waals surface area contributed by atoms with Gasteiger partial charge in [0.2, 0.25) is 0 Å². The molecule has 0 N–H and O–H groups in total. The summed E-state index contributed by atoms with van der Waals surface area (Å²) in [5.74, 6) is 0. The maximum atomic E-state index is 12.8. The first-order chi connectivity index (χ1) is 11.9. The Hall–Kier alpha value is -2.71. The Bertz CT molecular complexity index is 1150. The highest BCUT2D eigenvalue weighted by Crippen LogP contribution is 2.13. The highest BCUT2D eigenvalue weighted by molar-refractivity contribution is 7.90. The molecule has 8 heteroatoms. The molecule has 0 spiro atoms. The van der Waals surface area contributed by atoms with Crippen molar-refractivity contribution in [3.8, 4) is 0 Å². The van der Waals surface area contributed by atoms with Crippen LogP contribution in [0.3, 0.4) is 0 Å². The van der Waals surface area contributed by atoms with Gasteiger partial charge < -0.3 is 0 Å². The molecule has 1 heterocycles. The van der Waals surface area contributed by atoms with Gasteiger partial charge in [0.25, 0.3) is 20.0 Å². The summed E-state index contributed by atoms with van der Waals surface area (Å²) in [5.41, 5.74) is -0.199. The first kappa shape index (κ1) is 17.1. The van der Waals surface area contributed by atoms with Crippen molar-refractivity contribution in [1.29, 1.82) is 0 Å². The second kappa shape index (κ2) is 6.66. The lowest BCUT2D eigenvalue weighted by atomic mass is 10.4. The van der Waals surface area contributed by atoms with E-state index < -0.39 is 20.0 Å². The predicted octanol–water partition coefficient (Wildman–Crippen LogP) is 2.01. The van der Waals surface area contributed by atoms with Crippen LogP contribution in [0, 0.1) is 0 Å². The molecule has 0 radical (unpaired) electrons. The van der Waals surface area contributed by atoms with Crippen molar-refractivity contribution in [3.63, 3.8) is 0 Å². The van der Waals surface area contributed by atoms with Crippen LogP contribution >= 0.6 is 0 Å². The third-order valence-electron chi connectivity index (χ3n) is 3.36. The molecule has 0 bridgehead atoms. The quantitative estimate of drug-likeness (QED) is 0.699. The van der Waals surface area contributed by atoms with E-state index in [1.54, 1.807) is 36.4 Å². The van der Waals surface area contributed by atoms with E-state index >= 15 is 0 Å². The molecule has 3 rings (SSSR count). The topological polar surface area (TPSA) is 85.6 Å². The molecular formula is C17H14N2O4S2. The molecule has 0 unspecified atom stereocenters. The number of nitrogens with zero attached hydrogens (tertiary/aromatic N) is 2. The van der Waals surface area contributed by atoms with E-state index in [0.29, 0.717) is 0 Å². The third kappa shape index (κ3) is 3.54. The zero-order valence-corrected chi connectivity index (χ0v) is 14.6. The monoisotopic (exact) mass is 374 g/mol. The fourth-order valence-corrected chi connectivity index (χ4v) is 4.53. The summed E-state index contributed by atoms with van der Waals surface area (Å²) in [6.07, 6.45) is 1.27. The van der Waals surface area contributed by atoms with Crippen molar-refractivity contribution in [2.24, 2.45) is 4.40 Å². The minimum absolute atomic E-state index is 0.0116. The average Bonchev–Trinajstić information content (AvgIpc) is 2.63. The molecule has 0 saturated heterocycles. The highest BCUT2D eigenvalue weighted by Gasteiger charge is 2.18. The summed E-state index contributed by atoms with van der Waals surface area (Å²) in [6, 6.07) is 19.7. The Morgan fingerprint density at radius 2 is 1.16 bits per heavy atom. The summed E-state index contributed by atoms with van der Waals surface area (Å²) in [5, 5.41) is 0. The van der Waals surface area contributed by atoms with Crippen LogP contribution in [-0.4, -0.2) is 20.8 Å². The van der Waals surface area contributed by atoms with Crippen molar-refractivity contribution < 1.29 is 16.8 Å². The van der Waals surface area contributed by atoms with E-state index in [-0.39, 0.29) is 15.3 Å². The van der Waals surface area contributed by atoms with Crippen molar-refractivity contribution in [2.45, 2.75) is 9.79 Å². The molecule has 0 saturated carbocycles. The van der Waals surface area contributed by atoms with Gasteiger partial charge in [-0.3, -0.25) is 0 Å². The van der Waals surface area contributed by atoms with Gasteiger partial charge in [0, 0.05) is 6.20 Å². The Labute approximate surface area is 145 Å². The van der Waals surface area contributed by atoms with Crippen LogP contribution in [0.1, 0.15) is 0 Å². The lowest BCUT2D eigenvalue weighted by Crippen LogP contribution is -2.28. The molecule has 0 aliphatic heterocycles. The van der Waals surface area contributed by atoms with Crippen molar-refractivity contribution in [3.05, 3.63) is 90.5 Å². The summed E-state index contributed by atoms with van der Waals surface area (Å²) in [7, 11) is -8.00. The lowest BCUT2D eigenvalue weighted by molar-refractivity contribution is 0.584. The van der Waals surface area contributed by atoms with E-state index in [0.717, 1.165) is 3.97 Å². The van der Waals surface area contributed by atoms with Gasteiger partial charge >= 0.3 is 0 Å². The lowest BCUT2D eigenvalue weighted by Gasteiger charge is -2.09. The Morgan fingerprint density at radius 1 is 0.640 bits per heavy atom. The normalized spacial score (nSPS) is 12.9. The van der Waals surface area contributed by atoms with Crippen LogP contribution in [0.15, 0.2) is 99.2 Å². The minimum atomic E-state index is -4.04. The van der Waals surface area contributed by atoms with Crippen molar-refractivity contribution in [2.75, 3.05) is 0 Å². The van der Waals surface area contributed by atoms with E-state index in [9.17, 15) is 16.8 Å². The molecule has 3 aromatic rings. The SMILES string of the molecule is O=S(=O)(/N=c1\ccccn1S(=O)(=O)c1ccccc1)c1ccccc1. The number of sulfonamides is 1. The van der Waals surface area contributed by atoms with Crippen LogP contribution in [0.25, 0.3) is 0 Å². The average molecular weight is 374 g/mol. The molecular weight excluding hydrogens is 360 g/mol. The largest absolute Gasteiger partial charge is 0.284 e.